The van der Waals surface area contributed by atoms with Crippen LogP contribution in [-0.2, 0) is 0 Å². The third-order valence-corrected chi connectivity index (χ3v) is 2.90. The summed E-state index contributed by atoms with van der Waals surface area (Å²) in [6.45, 7) is 4.12. The van der Waals surface area contributed by atoms with Crippen molar-refractivity contribution in [2.24, 2.45) is 5.92 Å². The number of rotatable bonds is 5. The summed E-state index contributed by atoms with van der Waals surface area (Å²) in [5.74, 6) is -0.207. The fourth-order valence-corrected chi connectivity index (χ4v) is 1.36. The van der Waals surface area contributed by atoms with Crippen molar-refractivity contribution in [2.75, 3.05) is 6.54 Å². The van der Waals surface area contributed by atoms with E-state index in [2.05, 4.69) is 10.3 Å². The van der Waals surface area contributed by atoms with Gasteiger partial charge >= 0.3 is 0 Å². The molecule has 5 nitrogen and oxygen atoms in total. The van der Waals surface area contributed by atoms with Gasteiger partial charge in [-0.25, -0.2) is 4.98 Å². The van der Waals surface area contributed by atoms with Crippen LogP contribution in [0.1, 0.15) is 36.3 Å². The molecule has 5 heteroatoms. The lowest BCUT2D eigenvalue weighted by atomic mass is 10.0. The van der Waals surface area contributed by atoms with Gasteiger partial charge in [-0.05, 0) is 18.1 Å². The Morgan fingerprint density at radius 3 is 2.83 bits per heavy atom. The third kappa shape index (κ3) is 3.82. The molecule has 0 saturated carbocycles. The van der Waals surface area contributed by atoms with Gasteiger partial charge in [0.05, 0.1) is 11.7 Å². The van der Waals surface area contributed by atoms with Gasteiger partial charge in [0.2, 0.25) is 0 Å². The molecule has 0 unspecified atom stereocenters. The monoisotopic (exact) mass is 247 g/mol. The number of aromatic nitrogens is 1. The number of hydrogen-bond donors (Lipinski definition) is 2. The zero-order valence-corrected chi connectivity index (χ0v) is 10.6. The number of aliphatic hydroxyl groups is 1. The van der Waals surface area contributed by atoms with Crippen LogP contribution in [0.4, 0.5) is 0 Å². The van der Waals surface area contributed by atoms with Crippen LogP contribution in [0.15, 0.2) is 18.3 Å². The molecule has 2 N–H and O–H groups in total. The van der Waals surface area contributed by atoms with Gasteiger partial charge in [0, 0.05) is 12.7 Å². The van der Waals surface area contributed by atoms with Crippen LogP contribution in [-0.4, -0.2) is 28.6 Å². The molecule has 0 aliphatic heterocycles. The van der Waals surface area contributed by atoms with Gasteiger partial charge in [0.25, 0.3) is 5.91 Å². The largest absolute Gasteiger partial charge is 0.391 e. The summed E-state index contributed by atoms with van der Waals surface area (Å²) in [4.78, 5) is 15.6. The lowest BCUT2D eigenvalue weighted by Gasteiger charge is -2.17. The molecule has 0 saturated heterocycles. The van der Waals surface area contributed by atoms with E-state index < -0.39 is 6.10 Å². The van der Waals surface area contributed by atoms with Gasteiger partial charge in [-0.1, -0.05) is 20.3 Å². The normalized spacial score (nSPS) is 13.4. The molecule has 0 fully saturated rings. The Balaban J connectivity index is 2.53. The highest BCUT2D eigenvalue weighted by molar-refractivity contribution is 5.92. The first-order valence-corrected chi connectivity index (χ1v) is 5.90. The summed E-state index contributed by atoms with van der Waals surface area (Å²) in [5.41, 5.74) is 0.650. The number of amides is 1. The van der Waals surface area contributed by atoms with Gasteiger partial charge < -0.3 is 10.4 Å². The molecule has 18 heavy (non-hydrogen) atoms. The molecule has 1 aromatic rings. The predicted molar refractivity (Wildman–Crippen MR) is 66.7 cm³/mol. The van der Waals surface area contributed by atoms with Crippen LogP contribution < -0.4 is 5.32 Å². The standard InChI is InChI=1S/C13H17N3O2/c1-3-9(2)12(17)8-16-13(18)11-5-4-10(6-14)7-15-11/h4-5,7,9,12,17H,3,8H2,1-2H3,(H,16,18)/t9-,12-/m0/s1. The van der Waals surface area contributed by atoms with E-state index in [4.69, 9.17) is 5.26 Å². The van der Waals surface area contributed by atoms with Crippen molar-refractivity contribution in [3.8, 4) is 6.07 Å². The van der Waals surface area contributed by atoms with Crippen LogP contribution in [0.3, 0.4) is 0 Å². The van der Waals surface area contributed by atoms with E-state index in [9.17, 15) is 9.90 Å². The molecule has 96 valence electrons. The highest BCUT2D eigenvalue weighted by atomic mass is 16.3. The minimum absolute atomic E-state index is 0.138. The van der Waals surface area contributed by atoms with E-state index in [0.29, 0.717) is 5.56 Å². The van der Waals surface area contributed by atoms with Crippen molar-refractivity contribution in [1.29, 1.82) is 5.26 Å². The first-order valence-electron chi connectivity index (χ1n) is 5.90. The van der Waals surface area contributed by atoms with E-state index in [-0.39, 0.29) is 24.1 Å². The number of aliphatic hydroxyl groups excluding tert-OH is 1. The van der Waals surface area contributed by atoms with Crippen LogP contribution in [0.5, 0.6) is 0 Å². The number of carbonyl (C=O) groups is 1. The first-order chi connectivity index (χ1) is 8.58. The molecular weight excluding hydrogens is 230 g/mol. The molecule has 0 aliphatic rings. The number of nitrogens with one attached hydrogen (secondary N) is 1. The lowest BCUT2D eigenvalue weighted by molar-refractivity contribution is 0.0846. The van der Waals surface area contributed by atoms with Crippen LogP contribution in [0.2, 0.25) is 0 Å². The van der Waals surface area contributed by atoms with E-state index in [0.717, 1.165) is 6.42 Å². The summed E-state index contributed by atoms with van der Waals surface area (Å²) < 4.78 is 0. The molecule has 0 spiro atoms. The van der Waals surface area contributed by atoms with E-state index in [1.165, 1.54) is 18.3 Å². The van der Waals surface area contributed by atoms with E-state index >= 15 is 0 Å². The molecule has 1 aromatic heterocycles. The van der Waals surface area contributed by atoms with Crippen molar-refractivity contribution < 1.29 is 9.90 Å². The summed E-state index contributed by atoms with van der Waals surface area (Å²) >= 11 is 0. The van der Waals surface area contributed by atoms with Gasteiger partial charge in [-0.15, -0.1) is 0 Å². The molecule has 1 amide bonds. The maximum atomic E-state index is 11.7. The lowest BCUT2D eigenvalue weighted by Crippen LogP contribution is -2.35. The van der Waals surface area contributed by atoms with Crippen molar-refractivity contribution in [1.82, 2.24) is 10.3 Å². The molecule has 1 rings (SSSR count). The highest BCUT2D eigenvalue weighted by Gasteiger charge is 2.14. The topological polar surface area (TPSA) is 86.0 Å². The second-order valence-corrected chi connectivity index (χ2v) is 4.21. The Morgan fingerprint density at radius 1 is 1.61 bits per heavy atom. The van der Waals surface area contributed by atoms with Gasteiger partial charge in [0.15, 0.2) is 0 Å². The molecule has 0 bridgehead atoms. The summed E-state index contributed by atoms with van der Waals surface area (Å²) in [6.07, 6.45) is 1.64. The second kappa shape index (κ2) is 6.72. The maximum absolute atomic E-state index is 11.7. The average molecular weight is 247 g/mol. The van der Waals surface area contributed by atoms with Crippen molar-refractivity contribution in [2.45, 2.75) is 26.4 Å². The smallest absolute Gasteiger partial charge is 0.269 e. The van der Waals surface area contributed by atoms with Gasteiger partial charge in [-0.2, -0.15) is 5.26 Å². The Bertz CT molecular complexity index is 437. The van der Waals surface area contributed by atoms with Crippen LogP contribution in [0.25, 0.3) is 0 Å². The molecular formula is C13H17N3O2. The van der Waals surface area contributed by atoms with Gasteiger partial charge in [-0.3, -0.25) is 4.79 Å². The van der Waals surface area contributed by atoms with Gasteiger partial charge in [0.1, 0.15) is 11.8 Å². The number of carbonyl (C=O) groups excluding carboxylic acids is 1. The maximum Gasteiger partial charge on any atom is 0.269 e. The summed E-state index contributed by atoms with van der Waals surface area (Å²) in [5, 5.41) is 20.9. The first kappa shape index (κ1) is 14.1. The Hall–Kier alpha value is -1.93. The summed E-state index contributed by atoms with van der Waals surface area (Å²) in [7, 11) is 0. The van der Waals surface area contributed by atoms with E-state index in [1.807, 2.05) is 19.9 Å². The quantitative estimate of drug-likeness (QED) is 0.815. The Morgan fingerprint density at radius 2 is 2.33 bits per heavy atom. The number of nitrogens with zero attached hydrogens (tertiary/aromatic N) is 2. The number of pyridine rings is 1. The fourth-order valence-electron chi connectivity index (χ4n) is 1.36. The minimum Gasteiger partial charge on any atom is -0.391 e. The Kier molecular flexibility index (Phi) is 5.28. The van der Waals surface area contributed by atoms with E-state index in [1.54, 1.807) is 0 Å². The van der Waals surface area contributed by atoms with Crippen molar-refractivity contribution in [3.63, 3.8) is 0 Å². The van der Waals surface area contributed by atoms with Crippen molar-refractivity contribution >= 4 is 5.91 Å². The second-order valence-electron chi connectivity index (χ2n) is 4.21. The Labute approximate surface area is 106 Å². The average Bonchev–Trinajstić information content (AvgIpc) is 2.43. The molecule has 1 heterocycles. The number of hydrogen-bond acceptors (Lipinski definition) is 4. The minimum atomic E-state index is -0.558. The SMILES string of the molecule is CC[C@H](C)[C@@H](O)CNC(=O)c1ccc(C#N)cn1. The zero-order chi connectivity index (χ0) is 13.5. The van der Waals surface area contributed by atoms with Crippen molar-refractivity contribution in [3.05, 3.63) is 29.6 Å². The highest BCUT2D eigenvalue weighted by Crippen LogP contribution is 2.06. The molecule has 0 radical (unpaired) electrons. The third-order valence-electron chi connectivity index (χ3n) is 2.90. The molecule has 0 aliphatic carbocycles. The predicted octanol–water partition coefficient (Wildman–Crippen LogP) is 1.09. The molecule has 2 atom stereocenters. The van der Waals surface area contributed by atoms with Crippen LogP contribution in [0, 0.1) is 17.2 Å². The molecule has 0 aromatic carbocycles. The fraction of sp³-hybridized carbons (Fsp3) is 0.462. The number of nitriles is 1. The zero-order valence-electron chi connectivity index (χ0n) is 10.6. The van der Waals surface area contributed by atoms with Crippen LogP contribution >= 0.6 is 0 Å². The summed E-state index contributed by atoms with van der Waals surface area (Å²) in [6, 6.07) is 4.96.